The SMILES string of the molecule is C[C@@H]1CC2=C(C[C@@]1(C)[C@]1(C)NCCO1)C(C)(C)CCC2. The van der Waals surface area contributed by atoms with Crippen LogP contribution in [0.4, 0.5) is 0 Å². The predicted octanol–water partition coefficient (Wildman–Crippen LogP) is 4.27. The van der Waals surface area contributed by atoms with Crippen molar-refractivity contribution in [1.82, 2.24) is 5.32 Å². The lowest BCUT2D eigenvalue weighted by molar-refractivity contribution is -0.123. The fourth-order valence-corrected chi connectivity index (χ4v) is 4.85. The summed E-state index contributed by atoms with van der Waals surface area (Å²) in [7, 11) is 0. The first-order valence-corrected chi connectivity index (χ1v) is 8.39. The van der Waals surface area contributed by atoms with Crippen molar-refractivity contribution in [3.8, 4) is 0 Å². The molecule has 0 saturated carbocycles. The van der Waals surface area contributed by atoms with Gasteiger partial charge in [-0.25, -0.2) is 0 Å². The number of hydrogen-bond acceptors (Lipinski definition) is 2. The normalized spacial score (nSPS) is 44.5. The van der Waals surface area contributed by atoms with Crippen LogP contribution in [0.1, 0.15) is 66.7 Å². The molecular weight excluding hydrogens is 246 g/mol. The number of rotatable bonds is 1. The van der Waals surface area contributed by atoms with Crippen molar-refractivity contribution >= 4 is 0 Å². The van der Waals surface area contributed by atoms with Crippen LogP contribution in [0, 0.1) is 16.7 Å². The van der Waals surface area contributed by atoms with Gasteiger partial charge in [0.15, 0.2) is 0 Å². The van der Waals surface area contributed by atoms with E-state index >= 15 is 0 Å². The van der Waals surface area contributed by atoms with E-state index in [4.69, 9.17) is 4.74 Å². The molecule has 1 saturated heterocycles. The zero-order valence-electron chi connectivity index (χ0n) is 13.9. The van der Waals surface area contributed by atoms with Crippen LogP contribution in [-0.2, 0) is 4.74 Å². The summed E-state index contributed by atoms with van der Waals surface area (Å²) in [6.45, 7) is 13.9. The third-order valence-electron chi connectivity index (χ3n) is 6.75. The maximum atomic E-state index is 6.17. The van der Waals surface area contributed by atoms with Crippen molar-refractivity contribution in [2.75, 3.05) is 13.2 Å². The van der Waals surface area contributed by atoms with E-state index in [1.54, 1.807) is 11.1 Å². The van der Waals surface area contributed by atoms with Gasteiger partial charge in [0.05, 0.1) is 6.61 Å². The first-order chi connectivity index (χ1) is 9.29. The van der Waals surface area contributed by atoms with Crippen LogP contribution in [0.3, 0.4) is 0 Å². The molecule has 0 spiro atoms. The Kier molecular flexibility index (Phi) is 3.34. The molecule has 2 nitrogen and oxygen atoms in total. The molecule has 0 aromatic heterocycles. The van der Waals surface area contributed by atoms with E-state index in [-0.39, 0.29) is 11.1 Å². The molecule has 3 atom stereocenters. The van der Waals surface area contributed by atoms with Gasteiger partial charge in [0.25, 0.3) is 0 Å². The lowest BCUT2D eigenvalue weighted by Gasteiger charge is -2.54. The number of hydrogen-bond donors (Lipinski definition) is 1. The topological polar surface area (TPSA) is 21.3 Å². The van der Waals surface area contributed by atoms with Crippen LogP contribution < -0.4 is 5.32 Å². The summed E-state index contributed by atoms with van der Waals surface area (Å²) >= 11 is 0. The summed E-state index contributed by atoms with van der Waals surface area (Å²) in [5.41, 5.74) is 3.97. The van der Waals surface area contributed by atoms with Gasteiger partial charge in [-0.1, -0.05) is 38.8 Å². The average molecular weight is 277 g/mol. The zero-order valence-corrected chi connectivity index (χ0v) is 13.9. The quantitative estimate of drug-likeness (QED) is 0.723. The molecule has 2 aliphatic carbocycles. The minimum atomic E-state index is -0.154. The van der Waals surface area contributed by atoms with E-state index in [0.717, 1.165) is 13.2 Å². The van der Waals surface area contributed by atoms with Gasteiger partial charge in [-0.05, 0) is 50.4 Å². The molecule has 2 heteroatoms. The molecule has 0 unspecified atom stereocenters. The van der Waals surface area contributed by atoms with Crippen LogP contribution in [0.5, 0.6) is 0 Å². The Morgan fingerprint density at radius 1 is 1.20 bits per heavy atom. The summed E-state index contributed by atoms with van der Waals surface area (Å²) in [6.07, 6.45) is 6.54. The van der Waals surface area contributed by atoms with Gasteiger partial charge >= 0.3 is 0 Å². The Morgan fingerprint density at radius 2 is 1.95 bits per heavy atom. The fourth-order valence-electron chi connectivity index (χ4n) is 4.85. The second-order valence-corrected chi connectivity index (χ2v) is 8.33. The molecule has 0 bridgehead atoms. The maximum absolute atomic E-state index is 6.17. The second-order valence-electron chi connectivity index (χ2n) is 8.33. The number of nitrogens with one attached hydrogen (secondary N) is 1. The molecular formula is C18H31NO. The molecule has 0 aromatic carbocycles. The molecule has 0 aromatic rings. The highest BCUT2D eigenvalue weighted by Crippen LogP contribution is 2.57. The van der Waals surface area contributed by atoms with Gasteiger partial charge < -0.3 is 4.74 Å². The lowest BCUT2D eigenvalue weighted by atomic mass is 9.55. The Balaban J connectivity index is 1.98. The largest absolute Gasteiger partial charge is 0.359 e. The number of ether oxygens (including phenoxy) is 1. The molecule has 0 amide bonds. The van der Waals surface area contributed by atoms with Crippen LogP contribution in [0.25, 0.3) is 0 Å². The Morgan fingerprint density at radius 3 is 2.60 bits per heavy atom. The predicted molar refractivity (Wildman–Crippen MR) is 83.5 cm³/mol. The van der Waals surface area contributed by atoms with E-state index < -0.39 is 0 Å². The summed E-state index contributed by atoms with van der Waals surface area (Å²) in [5, 5.41) is 3.65. The average Bonchev–Trinajstić information content (AvgIpc) is 2.80. The Labute approximate surface area is 124 Å². The molecule has 1 fully saturated rings. The van der Waals surface area contributed by atoms with E-state index in [1.165, 1.54) is 32.1 Å². The van der Waals surface area contributed by atoms with Crippen molar-refractivity contribution < 1.29 is 4.74 Å². The van der Waals surface area contributed by atoms with Crippen LogP contribution in [0.2, 0.25) is 0 Å². The smallest absolute Gasteiger partial charge is 0.122 e. The highest BCUT2D eigenvalue weighted by molar-refractivity contribution is 5.30. The van der Waals surface area contributed by atoms with Gasteiger partial charge in [0.2, 0.25) is 0 Å². The van der Waals surface area contributed by atoms with Crippen molar-refractivity contribution in [2.45, 2.75) is 72.4 Å². The summed E-state index contributed by atoms with van der Waals surface area (Å²) < 4.78 is 6.17. The summed E-state index contributed by atoms with van der Waals surface area (Å²) in [5.74, 6) is 0.686. The van der Waals surface area contributed by atoms with Crippen LogP contribution >= 0.6 is 0 Å². The third-order valence-corrected chi connectivity index (χ3v) is 6.75. The molecule has 114 valence electrons. The molecule has 3 rings (SSSR count). The standard InChI is InChI=1S/C18H31NO/c1-13-11-14-7-6-8-16(2,3)15(14)12-17(13,4)18(5)19-9-10-20-18/h13,19H,6-12H2,1-5H3/t13-,17-,18-/m1/s1. The first-order valence-electron chi connectivity index (χ1n) is 8.39. The van der Waals surface area contributed by atoms with Gasteiger partial charge in [-0.3, -0.25) is 5.32 Å². The molecule has 1 N–H and O–H groups in total. The van der Waals surface area contributed by atoms with Crippen molar-refractivity contribution in [3.05, 3.63) is 11.1 Å². The van der Waals surface area contributed by atoms with Gasteiger partial charge in [0.1, 0.15) is 5.72 Å². The minimum absolute atomic E-state index is 0.154. The minimum Gasteiger partial charge on any atom is -0.359 e. The number of allylic oxidation sites excluding steroid dienone is 2. The van der Waals surface area contributed by atoms with Gasteiger partial charge in [-0.2, -0.15) is 0 Å². The highest BCUT2D eigenvalue weighted by atomic mass is 16.5. The molecule has 3 aliphatic rings. The van der Waals surface area contributed by atoms with Crippen molar-refractivity contribution in [3.63, 3.8) is 0 Å². The van der Waals surface area contributed by atoms with E-state index in [1.807, 2.05) is 0 Å². The summed E-state index contributed by atoms with van der Waals surface area (Å²) in [6, 6.07) is 0. The van der Waals surface area contributed by atoms with Crippen molar-refractivity contribution in [2.24, 2.45) is 16.7 Å². The maximum Gasteiger partial charge on any atom is 0.122 e. The monoisotopic (exact) mass is 277 g/mol. The molecule has 1 aliphatic heterocycles. The molecule has 1 heterocycles. The zero-order chi connectivity index (χ0) is 14.6. The van der Waals surface area contributed by atoms with E-state index in [0.29, 0.717) is 11.3 Å². The second kappa shape index (κ2) is 4.58. The Hall–Kier alpha value is -0.340. The van der Waals surface area contributed by atoms with Gasteiger partial charge in [-0.15, -0.1) is 0 Å². The highest BCUT2D eigenvalue weighted by Gasteiger charge is 2.54. The first kappa shape index (κ1) is 14.6. The Bertz CT molecular complexity index is 431. The fraction of sp³-hybridized carbons (Fsp3) is 0.889. The lowest BCUT2D eigenvalue weighted by Crippen LogP contribution is -2.57. The van der Waals surface area contributed by atoms with Gasteiger partial charge in [0, 0.05) is 12.0 Å². The van der Waals surface area contributed by atoms with Crippen molar-refractivity contribution in [1.29, 1.82) is 0 Å². The summed E-state index contributed by atoms with van der Waals surface area (Å²) in [4.78, 5) is 0. The third kappa shape index (κ3) is 1.99. The molecule has 0 radical (unpaired) electrons. The van der Waals surface area contributed by atoms with E-state index in [2.05, 4.69) is 39.9 Å². The van der Waals surface area contributed by atoms with Crippen LogP contribution in [0.15, 0.2) is 11.1 Å². The van der Waals surface area contributed by atoms with E-state index in [9.17, 15) is 0 Å². The molecule has 20 heavy (non-hydrogen) atoms. The van der Waals surface area contributed by atoms with Crippen LogP contribution in [-0.4, -0.2) is 18.9 Å².